The molecular formula is C21H24N4O2S. The summed E-state index contributed by atoms with van der Waals surface area (Å²) < 4.78 is 7.88. The Morgan fingerprint density at radius 3 is 2.89 bits per heavy atom. The van der Waals surface area contributed by atoms with E-state index in [1.807, 2.05) is 49.0 Å². The van der Waals surface area contributed by atoms with Gasteiger partial charge in [-0.2, -0.15) is 5.10 Å². The third-order valence-corrected chi connectivity index (χ3v) is 6.20. The molecule has 0 aliphatic carbocycles. The molecule has 7 heteroatoms. The molecule has 1 fully saturated rings. The number of aryl methyl sites for hydroxylation is 2. The minimum absolute atomic E-state index is 0.000358. The molecule has 3 heterocycles. The third-order valence-electron chi connectivity index (χ3n) is 5.10. The molecule has 28 heavy (non-hydrogen) atoms. The van der Waals surface area contributed by atoms with Crippen LogP contribution in [0.5, 0.6) is 0 Å². The monoisotopic (exact) mass is 396 g/mol. The lowest BCUT2D eigenvalue weighted by molar-refractivity contribution is -0.127. The van der Waals surface area contributed by atoms with E-state index >= 15 is 0 Å². The lowest BCUT2D eigenvalue weighted by Crippen LogP contribution is -2.34. The molecule has 6 nitrogen and oxygen atoms in total. The van der Waals surface area contributed by atoms with Gasteiger partial charge >= 0.3 is 0 Å². The Balaban J connectivity index is 1.55. The summed E-state index contributed by atoms with van der Waals surface area (Å²) in [4.78, 5) is 18.5. The highest BCUT2D eigenvalue weighted by molar-refractivity contribution is 7.11. The Morgan fingerprint density at radius 1 is 1.32 bits per heavy atom. The number of benzene rings is 1. The van der Waals surface area contributed by atoms with Crippen LogP contribution in [0, 0.1) is 19.8 Å². The molecule has 146 valence electrons. The molecule has 0 unspecified atom stereocenters. The summed E-state index contributed by atoms with van der Waals surface area (Å²) in [6, 6.07) is 9.91. The van der Waals surface area contributed by atoms with E-state index in [2.05, 4.69) is 28.4 Å². The van der Waals surface area contributed by atoms with E-state index < -0.39 is 0 Å². The van der Waals surface area contributed by atoms with Crippen molar-refractivity contribution in [3.05, 3.63) is 63.9 Å². The highest BCUT2D eigenvalue weighted by Crippen LogP contribution is 2.36. The quantitative estimate of drug-likeness (QED) is 0.710. The molecule has 1 aliphatic heterocycles. The van der Waals surface area contributed by atoms with Gasteiger partial charge in [-0.25, -0.2) is 9.67 Å². The first-order valence-electron chi connectivity index (χ1n) is 9.49. The van der Waals surface area contributed by atoms with E-state index in [4.69, 9.17) is 4.74 Å². The van der Waals surface area contributed by atoms with Gasteiger partial charge in [0.2, 0.25) is 5.91 Å². The summed E-state index contributed by atoms with van der Waals surface area (Å²) >= 11 is 1.61. The van der Waals surface area contributed by atoms with E-state index in [1.165, 1.54) is 0 Å². The SMILES string of the molecule is Cc1cnc([C@@H](C)NC(=O)[C@H]2CCO[C@@H]2c2ccnn2-c2ccccc2C)s1. The van der Waals surface area contributed by atoms with Crippen molar-refractivity contribution in [3.8, 4) is 5.69 Å². The maximum absolute atomic E-state index is 13.0. The van der Waals surface area contributed by atoms with Crippen LogP contribution in [0.15, 0.2) is 42.7 Å². The number of carbonyl (C=O) groups excluding carboxylic acids is 1. The van der Waals surface area contributed by atoms with Crippen molar-refractivity contribution in [1.82, 2.24) is 20.1 Å². The normalized spacial score (nSPS) is 20.2. The summed E-state index contributed by atoms with van der Waals surface area (Å²) in [7, 11) is 0. The molecule has 0 saturated carbocycles. The molecule has 1 aromatic carbocycles. The molecule has 1 amide bonds. The maximum Gasteiger partial charge on any atom is 0.226 e. The Bertz CT molecular complexity index is 980. The largest absolute Gasteiger partial charge is 0.371 e. The van der Waals surface area contributed by atoms with Crippen molar-refractivity contribution >= 4 is 17.2 Å². The van der Waals surface area contributed by atoms with Gasteiger partial charge in [-0.15, -0.1) is 11.3 Å². The summed E-state index contributed by atoms with van der Waals surface area (Å²) in [6.07, 6.45) is 3.98. The number of ether oxygens (including phenoxy) is 1. The predicted octanol–water partition coefficient (Wildman–Crippen LogP) is 3.90. The minimum Gasteiger partial charge on any atom is -0.371 e. The van der Waals surface area contributed by atoms with Crippen LogP contribution in [-0.2, 0) is 9.53 Å². The highest BCUT2D eigenvalue weighted by Gasteiger charge is 2.38. The lowest BCUT2D eigenvalue weighted by atomic mass is 9.97. The standard InChI is InChI=1S/C21H24N4O2S/c1-13-6-4-5-7-17(13)25-18(8-10-23-25)19-16(9-11-27-19)20(26)24-15(3)21-22-12-14(2)28-21/h4-8,10,12,15-16,19H,9,11H2,1-3H3,(H,24,26)/t15-,16+,19+/m1/s1. The molecule has 1 N–H and O–H groups in total. The Hall–Kier alpha value is -2.51. The van der Waals surface area contributed by atoms with Gasteiger partial charge in [0.25, 0.3) is 0 Å². The number of amides is 1. The number of carbonyl (C=O) groups is 1. The molecule has 4 rings (SSSR count). The zero-order valence-corrected chi connectivity index (χ0v) is 17.1. The van der Waals surface area contributed by atoms with Crippen molar-refractivity contribution in [2.45, 2.75) is 39.3 Å². The predicted molar refractivity (Wildman–Crippen MR) is 109 cm³/mol. The van der Waals surface area contributed by atoms with Crippen molar-refractivity contribution in [2.24, 2.45) is 5.92 Å². The van der Waals surface area contributed by atoms with Crippen LogP contribution < -0.4 is 5.32 Å². The van der Waals surface area contributed by atoms with Gasteiger partial charge in [0.15, 0.2) is 0 Å². The first-order valence-corrected chi connectivity index (χ1v) is 10.3. The maximum atomic E-state index is 13.0. The second-order valence-corrected chi connectivity index (χ2v) is 8.45. The minimum atomic E-state index is -0.313. The summed E-state index contributed by atoms with van der Waals surface area (Å²) in [5.74, 6) is -0.247. The zero-order valence-electron chi connectivity index (χ0n) is 16.3. The lowest BCUT2D eigenvalue weighted by Gasteiger charge is -2.21. The van der Waals surface area contributed by atoms with Crippen molar-refractivity contribution in [2.75, 3.05) is 6.61 Å². The van der Waals surface area contributed by atoms with E-state index in [1.54, 1.807) is 17.5 Å². The van der Waals surface area contributed by atoms with E-state index in [-0.39, 0.29) is 24.0 Å². The van der Waals surface area contributed by atoms with Crippen molar-refractivity contribution < 1.29 is 9.53 Å². The van der Waals surface area contributed by atoms with Gasteiger partial charge in [0, 0.05) is 23.9 Å². The molecule has 3 atom stereocenters. The molecule has 1 saturated heterocycles. The number of thiazole rings is 1. The molecule has 3 aromatic rings. The average Bonchev–Trinajstić information content (AvgIpc) is 3.41. The van der Waals surface area contributed by atoms with Crippen LogP contribution in [0.3, 0.4) is 0 Å². The van der Waals surface area contributed by atoms with Crippen LogP contribution >= 0.6 is 11.3 Å². The fourth-order valence-corrected chi connectivity index (χ4v) is 4.41. The first-order chi connectivity index (χ1) is 13.5. The molecular weight excluding hydrogens is 372 g/mol. The van der Waals surface area contributed by atoms with Crippen LogP contribution in [-0.4, -0.2) is 27.3 Å². The fraction of sp³-hybridized carbons (Fsp3) is 0.381. The fourth-order valence-electron chi connectivity index (χ4n) is 3.64. The summed E-state index contributed by atoms with van der Waals surface area (Å²) in [6.45, 7) is 6.60. The topological polar surface area (TPSA) is 69.0 Å². The zero-order chi connectivity index (χ0) is 19.7. The van der Waals surface area contributed by atoms with Gasteiger partial charge < -0.3 is 10.1 Å². The first kappa shape index (κ1) is 18.8. The van der Waals surface area contributed by atoms with Crippen LogP contribution in [0.4, 0.5) is 0 Å². The Labute approximate surface area is 168 Å². The Morgan fingerprint density at radius 2 is 2.14 bits per heavy atom. The van der Waals surface area contributed by atoms with Gasteiger partial charge in [-0.05, 0) is 44.9 Å². The molecule has 1 aliphatic rings. The van der Waals surface area contributed by atoms with Gasteiger partial charge in [0.1, 0.15) is 11.1 Å². The van der Waals surface area contributed by atoms with E-state index in [0.29, 0.717) is 13.0 Å². The van der Waals surface area contributed by atoms with E-state index in [9.17, 15) is 4.79 Å². The number of para-hydroxylation sites is 1. The van der Waals surface area contributed by atoms with E-state index in [0.717, 1.165) is 26.8 Å². The number of nitrogens with one attached hydrogen (secondary N) is 1. The van der Waals surface area contributed by atoms with Crippen molar-refractivity contribution in [3.63, 3.8) is 0 Å². The van der Waals surface area contributed by atoms with Crippen LogP contribution in [0.25, 0.3) is 5.69 Å². The molecule has 0 radical (unpaired) electrons. The second-order valence-electron chi connectivity index (χ2n) is 7.18. The van der Waals surface area contributed by atoms with Gasteiger partial charge in [-0.1, -0.05) is 18.2 Å². The smallest absolute Gasteiger partial charge is 0.226 e. The number of rotatable bonds is 5. The van der Waals surface area contributed by atoms with Gasteiger partial charge in [0.05, 0.1) is 23.3 Å². The number of hydrogen-bond acceptors (Lipinski definition) is 5. The second kappa shape index (κ2) is 7.85. The average molecular weight is 397 g/mol. The highest BCUT2D eigenvalue weighted by atomic mass is 32.1. The molecule has 0 bridgehead atoms. The summed E-state index contributed by atoms with van der Waals surface area (Å²) in [5.41, 5.74) is 3.03. The molecule has 0 spiro atoms. The third kappa shape index (κ3) is 3.59. The van der Waals surface area contributed by atoms with Gasteiger partial charge in [-0.3, -0.25) is 4.79 Å². The summed E-state index contributed by atoms with van der Waals surface area (Å²) in [5, 5.41) is 8.53. The Kier molecular flexibility index (Phi) is 5.28. The number of nitrogens with zero attached hydrogens (tertiary/aromatic N) is 3. The van der Waals surface area contributed by atoms with Crippen LogP contribution in [0.1, 0.15) is 46.6 Å². The number of aromatic nitrogens is 3. The number of hydrogen-bond donors (Lipinski definition) is 1. The van der Waals surface area contributed by atoms with Crippen molar-refractivity contribution in [1.29, 1.82) is 0 Å². The molecule has 2 aromatic heterocycles. The van der Waals surface area contributed by atoms with Crippen LogP contribution in [0.2, 0.25) is 0 Å².